The average molecular weight is 395 g/mol. The number of thiophene rings is 1. The molecule has 0 radical (unpaired) electrons. The average Bonchev–Trinajstić information content (AvgIpc) is 3.14. The molecule has 2 amide bonds. The molecule has 1 aliphatic rings. The molecule has 0 spiro atoms. The highest BCUT2D eigenvalue weighted by Gasteiger charge is 2.27. The molecule has 1 aliphatic heterocycles. The Kier molecular flexibility index (Phi) is 5.80. The van der Waals surface area contributed by atoms with Crippen LogP contribution in [0.4, 0.5) is 16.2 Å². The minimum Gasteiger partial charge on any atom is -0.323 e. The smallest absolute Gasteiger partial charge is 0.323 e. The number of amides is 2. The second kappa shape index (κ2) is 8.63. The van der Waals surface area contributed by atoms with E-state index in [1.54, 1.807) is 0 Å². The van der Waals surface area contributed by atoms with Crippen LogP contribution in [0.15, 0.2) is 78.2 Å². The molecule has 0 N–H and O–H groups in total. The molecular weight excluding hydrogens is 372 g/mol. The normalized spacial score (nSPS) is 17.3. The molecule has 1 atom stereocenters. The van der Waals surface area contributed by atoms with E-state index in [2.05, 4.69) is 17.5 Å². The summed E-state index contributed by atoms with van der Waals surface area (Å²) >= 11 is 3.78. The lowest BCUT2D eigenvalue weighted by Gasteiger charge is -2.30. The Morgan fingerprint density at radius 3 is 2.15 bits per heavy atom. The van der Waals surface area contributed by atoms with Crippen molar-refractivity contribution in [1.29, 1.82) is 0 Å². The molecule has 0 saturated carbocycles. The van der Waals surface area contributed by atoms with Crippen molar-refractivity contribution in [2.24, 2.45) is 0 Å². The lowest BCUT2D eigenvalue weighted by atomic mass is 10.2. The second-order valence-corrected chi connectivity index (χ2v) is 8.73. The topological polar surface area (TPSA) is 23.6 Å². The zero-order valence-electron chi connectivity index (χ0n) is 15.0. The summed E-state index contributed by atoms with van der Waals surface area (Å²) in [5.41, 5.74) is 1.81. The molecule has 1 aromatic heterocycles. The van der Waals surface area contributed by atoms with Gasteiger partial charge in [-0.15, -0.1) is 11.3 Å². The Labute approximate surface area is 168 Å². The number of benzene rings is 2. The first-order valence-electron chi connectivity index (χ1n) is 9.17. The summed E-state index contributed by atoms with van der Waals surface area (Å²) in [7, 11) is 0. The predicted molar refractivity (Wildman–Crippen MR) is 116 cm³/mol. The molecule has 1 saturated heterocycles. The number of anilines is 2. The number of carbonyl (C=O) groups is 1. The maximum absolute atomic E-state index is 13.5. The van der Waals surface area contributed by atoms with Crippen LogP contribution in [0.5, 0.6) is 0 Å². The molecule has 1 unspecified atom stereocenters. The largest absolute Gasteiger partial charge is 0.329 e. The number of urea groups is 1. The molecule has 2 aromatic carbocycles. The van der Waals surface area contributed by atoms with Gasteiger partial charge in [-0.25, -0.2) is 4.79 Å². The minimum absolute atomic E-state index is 0.0554. The van der Waals surface area contributed by atoms with Gasteiger partial charge in [0.2, 0.25) is 0 Å². The monoisotopic (exact) mass is 394 g/mol. The highest BCUT2D eigenvalue weighted by molar-refractivity contribution is 7.99. The van der Waals surface area contributed by atoms with Gasteiger partial charge in [-0.2, -0.15) is 11.8 Å². The fourth-order valence-electron chi connectivity index (χ4n) is 3.33. The van der Waals surface area contributed by atoms with Crippen LogP contribution >= 0.6 is 23.1 Å². The van der Waals surface area contributed by atoms with Gasteiger partial charge in [-0.3, -0.25) is 4.90 Å². The molecule has 3 aromatic rings. The first-order chi connectivity index (χ1) is 13.3. The van der Waals surface area contributed by atoms with Crippen molar-refractivity contribution >= 4 is 40.5 Å². The van der Waals surface area contributed by atoms with E-state index in [4.69, 9.17) is 0 Å². The molecule has 4 rings (SSSR count). The van der Waals surface area contributed by atoms with E-state index < -0.39 is 0 Å². The van der Waals surface area contributed by atoms with Crippen LogP contribution < -0.4 is 4.90 Å². The van der Waals surface area contributed by atoms with Crippen molar-refractivity contribution < 1.29 is 4.79 Å². The van der Waals surface area contributed by atoms with Crippen molar-refractivity contribution in [2.75, 3.05) is 23.7 Å². The Bertz CT molecular complexity index is 813. The van der Waals surface area contributed by atoms with Crippen LogP contribution in [0, 0.1) is 0 Å². The lowest BCUT2D eigenvalue weighted by molar-refractivity contribution is 0.210. The van der Waals surface area contributed by atoms with E-state index in [9.17, 15) is 4.79 Å². The summed E-state index contributed by atoms with van der Waals surface area (Å²) in [6.07, 6.45) is 0.994. The number of hydrogen-bond donors (Lipinski definition) is 0. The first-order valence-corrected chi connectivity index (χ1v) is 11.1. The summed E-state index contributed by atoms with van der Waals surface area (Å²) in [4.78, 5) is 18.7. The van der Waals surface area contributed by atoms with Crippen LogP contribution in [0.3, 0.4) is 0 Å². The number of para-hydroxylation sites is 2. The molecule has 1 fully saturated rings. The number of thioether (sulfide) groups is 1. The van der Waals surface area contributed by atoms with Gasteiger partial charge >= 0.3 is 6.03 Å². The Morgan fingerprint density at radius 1 is 0.889 bits per heavy atom. The zero-order valence-corrected chi connectivity index (χ0v) is 16.7. The third-order valence-corrected chi connectivity index (χ3v) is 7.14. The molecule has 2 heterocycles. The molecule has 0 bridgehead atoms. The quantitative estimate of drug-likeness (QED) is 0.529. The van der Waals surface area contributed by atoms with Gasteiger partial charge in [0, 0.05) is 29.0 Å². The molecule has 5 heteroatoms. The second-order valence-electron chi connectivity index (χ2n) is 6.44. The van der Waals surface area contributed by atoms with Crippen molar-refractivity contribution in [3.8, 4) is 0 Å². The van der Waals surface area contributed by atoms with E-state index >= 15 is 0 Å². The fourth-order valence-corrected chi connectivity index (χ4v) is 5.57. The summed E-state index contributed by atoms with van der Waals surface area (Å²) < 4.78 is 0. The number of hydrogen-bond acceptors (Lipinski definition) is 3. The maximum Gasteiger partial charge on any atom is 0.329 e. The zero-order chi connectivity index (χ0) is 18.5. The molecular formula is C22H22N2OS2. The number of rotatable bonds is 3. The summed E-state index contributed by atoms with van der Waals surface area (Å²) in [6.45, 7) is 1.56. The SMILES string of the molecule is O=C(N1CCSC(c2cccs2)CC1)N(c1ccccc1)c1ccccc1. The van der Waals surface area contributed by atoms with Crippen LogP contribution in [0.1, 0.15) is 16.5 Å². The lowest BCUT2D eigenvalue weighted by Crippen LogP contribution is -2.42. The van der Waals surface area contributed by atoms with Crippen molar-refractivity contribution in [1.82, 2.24) is 4.90 Å². The van der Waals surface area contributed by atoms with E-state index in [0.29, 0.717) is 5.25 Å². The van der Waals surface area contributed by atoms with Crippen LogP contribution in [-0.4, -0.2) is 29.8 Å². The van der Waals surface area contributed by atoms with Crippen LogP contribution in [0.25, 0.3) is 0 Å². The Balaban J connectivity index is 1.56. The summed E-state index contributed by atoms with van der Waals surface area (Å²) in [5.74, 6) is 0.964. The summed E-state index contributed by atoms with van der Waals surface area (Å²) in [6, 6.07) is 24.2. The van der Waals surface area contributed by atoms with E-state index in [0.717, 1.165) is 36.6 Å². The molecule has 0 aliphatic carbocycles. The van der Waals surface area contributed by atoms with Crippen molar-refractivity contribution in [3.63, 3.8) is 0 Å². The third kappa shape index (κ3) is 4.20. The van der Waals surface area contributed by atoms with Gasteiger partial charge in [0.25, 0.3) is 0 Å². The molecule has 3 nitrogen and oxygen atoms in total. The van der Waals surface area contributed by atoms with E-state index in [1.807, 2.05) is 93.6 Å². The van der Waals surface area contributed by atoms with Gasteiger partial charge in [0.05, 0.1) is 11.4 Å². The van der Waals surface area contributed by atoms with Gasteiger partial charge < -0.3 is 4.90 Å². The molecule has 27 heavy (non-hydrogen) atoms. The first kappa shape index (κ1) is 18.1. The highest BCUT2D eigenvalue weighted by Crippen LogP contribution is 2.37. The minimum atomic E-state index is 0.0554. The van der Waals surface area contributed by atoms with Crippen LogP contribution in [0.2, 0.25) is 0 Å². The fraction of sp³-hybridized carbons (Fsp3) is 0.227. The van der Waals surface area contributed by atoms with Crippen molar-refractivity contribution in [2.45, 2.75) is 11.7 Å². The molecule has 138 valence electrons. The summed E-state index contributed by atoms with van der Waals surface area (Å²) in [5, 5.41) is 2.63. The Morgan fingerprint density at radius 2 is 1.56 bits per heavy atom. The Hall–Kier alpha value is -2.24. The standard InChI is InChI=1S/C22H22N2OS2/c25-22(23-14-13-21(27-17-15-23)20-12-7-16-26-20)24(18-8-3-1-4-9-18)19-10-5-2-6-11-19/h1-12,16,21H,13-15,17H2. The van der Waals surface area contributed by atoms with Crippen molar-refractivity contribution in [3.05, 3.63) is 83.1 Å². The van der Waals surface area contributed by atoms with Crippen LogP contribution in [-0.2, 0) is 0 Å². The van der Waals surface area contributed by atoms with E-state index in [1.165, 1.54) is 4.88 Å². The maximum atomic E-state index is 13.5. The van der Waals surface area contributed by atoms with Gasteiger partial charge in [0.15, 0.2) is 0 Å². The number of nitrogens with zero attached hydrogens (tertiary/aromatic N) is 2. The third-order valence-electron chi connectivity index (χ3n) is 4.69. The predicted octanol–water partition coefficient (Wildman–Crippen LogP) is 6.19. The van der Waals surface area contributed by atoms with Gasteiger partial charge in [-0.1, -0.05) is 42.5 Å². The van der Waals surface area contributed by atoms with Gasteiger partial charge in [0.1, 0.15) is 0 Å². The number of carbonyl (C=O) groups excluding carboxylic acids is 1. The van der Waals surface area contributed by atoms with E-state index in [-0.39, 0.29) is 6.03 Å². The van der Waals surface area contributed by atoms with Gasteiger partial charge in [-0.05, 0) is 42.1 Å². The highest BCUT2D eigenvalue weighted by atomic mass is 32.2.